The lowest BCUT2D eigenvalue weighted by molar-refractivity contribution is -0.122. The fourth-order valence-corrected chi connectivity index (χ4v) is 3.71. The molecule has 24 heavy (non-hydrogen) atoms. The second kappa shape index (κ2) is 5.91. The predicted octanol–water partition coefficient (Wildman–Crippen LogP) is 2.48. The normalized spacial score (nSPS) is 22.2. The van der Waals surface area contributed by atoms with E-state index in [1.807, 2.05) is 23.1 Å². The van der Waals surface area contributed by atoms with Gasteiger partial charge in [0.05, 0.1) is 12.0 Å². The summed E-state index contributed by atoms with van der Waals surface area (Å²) in [4.78, 5) is 14.9. The van der Waals surface area contributed by atoms with Crippen molar-refractivity contribution >= 4 is 11.6 Å². The van der Waals surface area contributed by atoms with Crippen molar-refractivity contribution in [3.05, 3.63) is 59.9 Å². The van der Waals surface area contributed by atoms with E-state index < -0.39 is 5.41 Å². The van der Waals surface area contributed by atoms with Crippen LogP contribution >= 0.6 is 0 Å². The van der Waals surface area contributed by atoms with E-state index in [4.69, 9.17) is 4.74 Å². The number of carbonyl (C=O) groups is 1. The summed E-state index contributed by atoms with van der Waals surface area (Å²) in [5.41, 5.74) is 1.67. The maximum absolute atomic E-state index is 13.1. The van der Waals surface area contributed by atoms with Gasteiger partial charge in [-0.25, -0.2) is 4.39 Å². The van der Waals surface area contributed by atoms with Gasteiger partial charge in [0, 0.05) is 12.2 Å². The van der Waals surface area contributed by atoms with Crippen molar-refractivity contribution in [1.29, 1.82) is 0 Å². The molecule has 2 heterocycles. The molecule has 1 N–H and O–H groups in total. The van der Waals surface area contributed by atoms with E-state index in [1.54, 1.807) is 12.1 Å². The number of anilines is 1. The number of nitrogens with zero attached hydrogens (tertiary/aromatic N) is 1. The first-order valence-electron chi connectivity index (χ1n) is 8.21. The van der Waals surface area contributed by atoms with E-state index in [9.17, 15) is 9.18 Å². The molecule has 2 aromatic rings. The lowest BCUT2D eigenvalue weighted by Crippen LogP contribution is -2.43. The number of hydrogen-bond acceptors (Lipinski definition) is 3. The van der Waals surface area contributed by atoms with E-state index in [0.717, 1.165) is 24.2 Å². The second-order valence-electron chi connectivity index (χ2n) is 6.29. The molecule has 4 nitrogen and oxygen atoms in total. The highest BCUT2D eigenvalue weighted by Gasteiger charge is 2.51. The molecule has 0 saturated carbocycles. The van der Waals surface area contributed by atoms with Gasteiger partial charge in [-0.3, -0.25) is 4.79 Å². The Bertz CT molecular complexity index is 754. The van der Waals surface area contributed by atoms with Crippen LogP contribution in [0.1, 0.15) is 12.0 Å². The van der Waals surface area contributed by atoms with E-state index in [0.29, 0.717) is 25.4 Å². The Balaban J connectivity index is 1.51. The van der Waals surface area contributed by atoms with Crippen LogP contribution in [0.2, 0.25) is 0 Å². The highest BCUT2D eigenvalue weighted by molar-refractivity contribution is 6.08. The molecule has 1 amide bonds. The highest BCUT2D eigenvalue weighted by Crippen LogP contribution is 2.45. The Morgan fingerprint density at radius 1 is 1.17 bits per heavy atom. The molecular weight excluding hydrogens is 307 g/mol. The lowest BCUT2D eigenvalue weighted by atomic mass is 9.81. The predicted molar refractivity (Wildman–Crippen MR) is 89.9 cm³/mol. The fourth-order valence-electron chi connectivity index (χ4n) is 3.71. The molecule has 2 aliphatic rings. The van der Waals surface area contributed by atoms with Gasteiger partial charge >= 0.3 is 0 Å². The zero-order chi connectivity index (χ0) is 16.6. The zero-order valence-corrected chi connectivity index (χ0v) is 13.3. The quantitative estimate of drug-likeness (QED) is 0.938. The maximum atomic E-state index is 13.1. The molecule has 1 saturated heterocycles. The molecule has 1 unspecified atom stereocenters. The number of benzene rings is 2. The minimum atomic E-state index is -0.424. The van der Waals surface area contributed by atoms with Crippen LogP contribution in [0.5, 0.6) is 5.75 Å². The maximum Gasteiger partial charge on any atom is 0.239 e. The Hall–Kier alpha value is -2.40. The van der Waals surface area contributed by atoms with E-state index in [2.05, 4.69) is 11.4 Å². The molecule has 124 valence electrons. The molecule has 0 aliphatic carbocycles. The van der Waals surface area contributed by atoms with Crippen LogP contribution < -0.4 is 15.0 Å². The summed E-state index contributed by atoms with van der Waals surface area (Å²) in [5.74, 6) is 0.464. The van der Waals surface area contributed by atoms with Crippen molar-refractivity contribution in [1.82, 2.24) is 5.32 Å². The topological polar surface area (TPSA) is 41.6 Å². The van der Waals surface area contributed by atoms with Crippen LogP contribution in [0.3, 0.4) is 0 Å². The van der Waals surface area contributed by atoms with Crippen molar-refractivity contribution in [2.75, 3.05) is 31.1 Å². The van der Waals surface area contributed by atoms with Gasteiger partial charge in [0.25, 0.3) is 0 Å². The van der Waals surface area contributed by atoms with Gasteiger partial charge in [-0.2, -0.15) is 0 Å². The van der Waals surface area contributed by atoms with Crippen LogP contribution in [0, 0.1) is 5.82 Å². The monoisotopic (exact) mass is 326 g/mol. The average molecular weight is 326 g/mol. The van der Waals surface area contributed by atoms with Gasteiger partial charge < -0.3 is 15.0 Å². The van der Waals surface area contributed by atoms with Gasteiger partial charge in [0.15, 0.2) is 0 Å². The smallest absolute Gasteiger partial charge is 0.239 e. The third-order valence-electron chi connectivity index (χ3n) is 4.92. The van der Waals surface area contributed by atoms with Crippen molar-refractivity contribution < 1.29 is 13.9 Å². The molecule has 2 aliphatic heterocycles. The molecule has 4 rings (SSSR count). The molecule has 0 radical (unpaired) electrons. The summed E-state index contributed by atoms with van der Waals surface area (Å²) in [6.07, 6.45) is 0.832. The number of carbonyl (C=O) groups excluding carboxylic acids is 1. The van der Waals surface area contributed by atoms with E-state index in [1.165, 1.54) is 12.1 Å². The lowest BCUT2D eigenvalue weighted by Gasteiger charge is -2.23. The Kier molecular flexibility index (Phi) is 3.73. The number of para-hydroxylation sites is 1. The number of halogens is 1. The molecule has 0 bridgehead atoms. The van der Waals surface area contributed by atoms with Crippen LogP contribution in [0.15, 0.2) is 48.5 Å². The number of hydrogen-bond donors (Lipinski definition) is 1. The molecule has 0 aromatic heterocycles. The summed E-state index contributed by atoms with van der Waals surface area (Å²) in [5, 5.41) is 3.32. The van der Waals surface area contributed by atoms with Gasteiger partial charge in [0.1, 0.15) is 18.2 Å². The first-order chi connectivity index (χ1) is 11.7. The first kappa shape index (κ1) is 15.1. The van der Waals surface area contributed by atoms with Crippen molar-refractivity contribution in [2.45, 2.75) is 11.8 Å². The number of nitrogens with one attached hydrogen (secondary N) is 1. The molecule has 1 fully saturated rings. The molecular formula is C19H19FN2O2. The third-order valence-corrected chi connectivity index (χ3v) is 4.92. The summed E-state index contributed by atoms with van der Waals surface area (Å²) >= 11 is 0. The summed E-state index contributed by atoms with van der Waals surface area (Å²) < 4.78 is 18.6. The number of ether oxygens (including phenoxy) is 1. The fraction of sp³-hybridized carbons (Fsp3) is 0.316. The first-order valence-corrected chi connectivity index (χ1v) is 8.21. The second-order valence-corrected chi connectivity index (χ2v) is 6.29. The number of amides is 1. The summed E-state index contributed by atoms with van der Waals surface area (Å²) in [6.45, 7) is 2.41. The standard InChI is InChI=1S/C19H19FN2O2/c20-14-5-7-15(8-6-14)24-12-11-22-17-4-2-1-3-16(17)19(18(22)23)9-10-21-13-19/h1-8,21H,9-13H2. The summed E-state index contributed by atoms with van der Waals surface area (Å²) in [7, 11) is 0. The van der Waals surface area contributed by atoms with Gasteiger partial charge in [0.2, 0.25) is 5.91 Å². The Labute approximate surface area is 140 Å². The molecule has 1 atom stereocenters. The minimum absolute atomic E-state index is 0.149. The van der Waals surface area contributed by atoms with Crippen molar-refractivity contribution in [3.63, 3.8) is 0 Å². The van der Waals surface area contributed by atoms with Crippen molar-refractivity contribution in [2.24, 2.45) is 0 Å². The Morgan fingerprint density at radius 3 is 2.71 bits per heavy atom. The van der Waals surface area contributed by atoms with Gasteiger partial charge in [-0.1, -0.05) is 18.2 Å². The van der Waals surface area contributed by atoms with Crippen LogP contribution in [-0.2, 0) is 10.2 Å². The van der Waals surface area contributed by atoms with Crippen molar-refractivity contribution in [3.8, 4) is 5.75 Å². The molecule has 1 spiro atoms. The number of fused-ring (bicyclic) bond motifs is 2. The third kappa shape index (κ3) is 2.36. The van der Waals surface area contributed by atoms with Gasteiger partial charge in [-0.05, 0) is 48.9 Å². The number of rotatable bonds is 4. The Morgan fingerprint density at radius 2 is 1.96 bits per heavy atom. The van der Waals surface area contributed by atoms with Gasteiger partial charge in [-0.15, -0.1) is 0 Å². The van der Waals surface area contributed by atoms with E-state index in [-0.39, 0.29) is 11.7 Å². The largest absolute Gasteiger partial charge is 0.492 e. The van der Waals surface area contributed by atoms with Crippen LogP contribution in [-0.4, -0.2) is 32.1 Å². The summed E-state index contributed by atoms with van der Waals surface area (Å²) in [6, 6.07) is 13.9. The molecule has 2 aromatic carbocycles. The minimum Gasteiger partial charge on any atom is -0.492 e. The SMILES string of the molecule is O=C1N(CCOc2ccc(F)cc2)c2ccccc2C12CCNC2. The zero-order valence-electron chi connectivity index (χ0n) is 13.3. The van der Waals surface area contributed by atoms with E-state index >= 15 is 0 Å². The molecule has 5 heteroatoms. The van der Waals surface area contributed by atoms with Crippen LogP contribution in [0.25, 0.3) is 0 Å². The average Bonchev–Trinajstić information content (AvgIpc) is 3.18. The highest BCUT2D eigenvalue weighted by atomic mass is 19.1. The van der Waals surface area contributed by atoms with Crippen LogP contribution in [0.4, 0.5) is 10.1 Å².